The second kappa shape index (κ2) is 9.93. The first-order chi connectivity index (χ1) is 14.5. The molecule has 0 atom stereocenters. The molecule has 0 unspecified atom stereocenters. The summed E-state index contributed by atoms with van der Waals surface area (Å²) in [5, 5.41) is 20.9. The Balaban J connectivity index is 1.82. The number of carboxylic acid groups (broad SMARTS) is 1. The van der Waals surface area contributed by atoms with Crippen LogP contribution in [0.15, 0.2) is 48.5 Å². The van der Waals surface area contributed by atoms with E-state index in [1.165, 1.54) is 28.4 Å². The van der Waals surface area contributed by atoms with E-state index >= 15 is 0 Å². The van der Waals surface area contributed by atoms with Gasteiger partial charge in [-0.3, -0.25) is 14.5 Å². The van der Waals surface area contributed by atoms with Crippen LogP contribution >= 0.6 is 11.3 Å². The first-order valence-electron chi connectivity index (χ1n) is 9.45. The van der Waals surface area contributed by atoms with Crippen molar-refractivity contribution in [2.45, 2.75) is 19.8 Å². The average molecular weight is 428 g/mol. The van der Waals surface area contributed by atoms with Crippen molar-refractivity contribution in [3.05, 3.63) is 59.9 Å². The Morgan fingerprint density at radius 2 is 1.87 bits per heavy atom. The number of hydrogen-bond donors (Lipinski definition) is 2. The van der Waals surface area contributed by atoms with Gasteiger partial charge in [-0.1, -0.05) is 36.8 Å². The maximum Gasteiger partial charge on any atom is 0.322 e. The molecule has 0 aliphatic rings. The highest BCUT2D eigenvalue weighted by atomic mass is 32.1. The van der Waals surface area contributed by atoms with Crippen molar-refractivity contribution in [3.63, 3.8) is 0 Å². The average Bonchev–Trinajstić information content (AvgIpc) is 3.23. The predicted molar refractivity (Wildman–Crippen MR) is 114 cm³/mol. The molecule has 2 aromatic carbocycles. The highest BCUT2D eigenvalue weighted by Gasteiger charge is 2.23. The molecule has 1 aromatic heterocycles. The van der Waals surface area contributed by atoms with Crippen molar-refractivity contribution in [1.82, 2.24) is 10.2 Å². The number of unbranched alkanes of at least 4 members (excludes halogenated alkanes) is 1. The second-order valence-electron chi connectivity index (χ2n) is 6.50. The molecule has 1 heterocycles. The number of carbonyl (C=O) groups is 2. The van der Waals surface area contributed by atoms with Gasteiger partial charge in [-0.2, -0.15) is 0 Å². The summed E-state index contributed by atoms with van der Waals surface area (Å²) < 4.78 is 14.1. The van der Waals surface area contributed by atoms with Crippen LogP contribution in [0.25, 0.3) is 10.6 Å². The second-order valence-corrected chi connectivity index (χ2v) is 7.46. The molecule has 0 saturated carbocycles. The third-order valence-electron chi connectivity index (χ3n) is 4.31. The lowest BCUT2D eigenvalue weighted by Gasteiger charge is -2.19. The molecule has 0 radical (unpaired) electrons. The van der Waals surface area contributed by atoms with Crippen LogP contribution in [-0.4, -0.2) is 40.3 Å². The Labute approximate surface area is 177 Å². The Bertz CT molecular complexity index is 1020. The van der Waals surface area contributed by atoms with Gasteiger partial charge in [0.15, 0.2) is 0 Å². The van der Waals surface area contributed by atoms with Gasteiger partial charge < -0.3 is 10.4 Å². The lowest BCUT2D eigenvalue weighted by atomic mass is 10.2. The van der Waals surface area contributed by atoms with E-state index < -0.39 is 17.7 Å². The number of rotatable bonds is 9. The maximum absolute atomic E-state index is 14.1. The number of nitrogens with zero attached hydrogens (tertiary/aromatic N) is 3. The lowest BCUT2D eigenvalue weighted by molar-refractivity contribution is -0.134. The number of aromatic nitrogens is 2. The van der Waals surface area contributed by atoms with E-state index in [1.807, 2.05) is 6.92 Å². The van der Waals surface area contributed by atoms with E-state index in [0.717, 1.165) is 18.4 Å². The first-order valence-corrected chi connectivity index (χ1v) is 10.3. The zero-order valence-corrected chi connectivity index (χ0v) is 17.2. The van der Waals surface area contributed by atoms with E-state index in [4.69, 9.17) is 5.11 Å². The zero-order chi connectivity index (χ0) is 21.5. The van der Waals surface area contributed by atoms with Gasteiger partial charge in [0, 0.05) is 17.8 Å². The smallest absolute Gasteiger partial charge is 0.322 e. The minimum atomic E-state index is -0.945. The van der Waals surface area contributed by atoms with Crippen molar-refractivity contribution in [2.75, 3.05) is 23.3 Å². The molecular weight excluding hydrogens is 407 g/mol. The van der Waals surface area contributed by atoms with E-state index in [-0.39, 0.29) is 12.1 Å². The quantitative estimate of drug-likeness (QED) is 0.528. The molecule has 0 aliphatic carbocycles. The Hall–Kier alpha value is -3.33. The fourth-order valence-corrected chi connectivity index (χ4v) is 3.60. The molecule has 2 N–H and O–H groups in total. The zero-order valence-electron chi connectivity index (χ0n) is 16.3. The lowest BCUT2D eigenvalue weighted by Crippen LogP contribution is -2.32. The van der Waals surface area contributed by atoms with Crippen molar-refractivity contribution in [2.24, 2.45) is 0 Å². The molecule has 0 bridgehead atoms. The number of hydrogen-bond acceptors (Lipinski definition) is 6. The van der Waals surface area contributed by atoms with Gasteiger partial charge in [0.05, 0.1) is 5.56 Å². The molecule has 1 amide bonds. The summed E-state index contributed by atoms with van der Waals surface area (Å²) in [4.78, 5) is 25.1. The summed E-state index contributed by atoms with van der Waals surface area (Å²) in [5.41, 5.74) is 1.46. The molecule has 3 aromatic rings. The third kappa shape index (κ3) is 5.18. The van der Waals surface area contributed by atoms with Crippen LogP contribution in [0.1, 0.15) is 30.1 Å². The van der Waals surface area contributed by atoms with Crippen LogP contribution in [0.2, 0.25) is 0 Å². The minimum absolute atomic E-state index is 0.000731. The van der Waals surface area contributed by atoms with Crippen LogP contribution in [0.4, 0.5) is 15.2 Å². The molecule has 0 spiro atoms. The highest BCUT2D eigenvalue weighted by molar-refractivity contribution is 7.18. The number of carboxylic acids is 1. The molecule has 3 rings (SSSR count). The highest BCUT2D eigenvalue weighted by Crippen LogP contribution is 2.30. The molecule has 7 nitrogen and oxygen atoms in total. The standard InChI is InChI=1S/C21H21FN4O3S/c1-2-3-12-26(20(29)16-6-4-5-7-17(16)22)21-25-24-19(30-21)14-8-10-15(11-9-14)23-13-18(27)28/h4-11,23H,2-3,12-13H2,1H3,(H,27,28). The van der Waals surface area contributed by atoms with E-state index in [0.29, 0.717) is 22.4 Å². The van der Waals surface area contributed by atoms with Gasteiger partial charge in [0.1, 0.15) is 17.4 Å². The summed E-state index contributed by atoms with van der Waals surface area (Å²) in [6.07, 6.45) is 1.62. The molecule has 156 valence electrons. The monoisotopic (exact) mass is 428 g/mol. The van der Waals surface area contributed by atoms with E-state index in [9.17, 15) is 14.0 Å². The molecule has 9 heteroatoms. The van der Waals surface area contributed by atoms with Crippen molar-refractivity contribution < 1.29 is 19.1 Å². The minimum Gasteiger partial charge on any atom is -0.480 e. The fourth-order valence-electron chi connectivity index (χ4n) is 2.73. The Morgan fingerprint density at radius 3 is 2.53 bits per heavy atom. The molecular formula is C21H21FN4O3S. The van der Waals surface area contributed by atoms with Gasteiger partial charge >= 0.3 is 5.97 Å². The number of benzene rings is 2. The summed E-state index contributed by atoms with van der Waals surface area (Å²) in [7, 11) is 0. The van der Waals surface area contributed by atoms with Gasteiger partial charge in [0.2, 0.25) is 5.13 Å². The van der Waals surface area contributed by atoms with Gasteiger partial charge in [-0.25, -0.2) is 4.39 Å². The van der Waals surface area contributed by atoms with Crippen LogP contribution in [0.3, 0.4) is 0 Å². The molecule has 0 saturated heterocycles. The normalized spacial score (nSPS) is 10.6. The molecule has 0 aliphatic heterocycles. The van der Waals surface area contributed by atoms with Crippen molar-refractivity contribution in [1.29, 1.82) is 0 Å². The van der Waals surface area contributed by atoms with Crippen LogP contribution in [-0.2, 0) is 4.79 Å². The first kappa shape index (κ1) is 21.4. The van der Waals surface area contributed by atoms with Gasteiger partial charge in [0.25, 0.3) is 5.91 Å². The molecule has 0 fully saturated rings. The Morgan fingerprint density at radius 1 is 1.13 bits per heavy atom. The van der Waals surface area contributed by atoms with Crippen molar-refractivity contribution in [3.8, 4) is 10.6 Å². The summed E-state index contributed by atoms with van der Waals surface area (Å²) in [6, 6.07) is 13.0. The van der Waals surface area contributed by atoms with Gasteiger partial charge in [-0.05, 0) is 42.8 Å². The van der Waals surface area contributed by atoms with Gasteiger partial charge in [-0.15, -0.1) is 10.2 Å². The van der Waals surface area contributed by atoms with Crippen LogP contribution in [0.5, 0.6) is 0 Å². The van der Waals surface area contributed by atoms with Crippen LogP contribution < -0.4 is 10.2 Å². The van der Waals surface area contributed by atoms with E-state index in [2.05, 4.69) is 15.5 Å². The van der Waals surface area contributed by atoms with Crippen LogP contribution in [0, 0.1) is 5.82 Å². The predicted octanol–water partition coefficient (Wildman–Crippen LogP) is 4.29. The number of anilines is 2. The molecule has 30 heavy (non-hydrogen) atoms. The number of amides is 1. The summed E-state index contributed by atoms with van der Waals surface area (Å²) >= 11 is 1.24. The van der Waals surface area contributed by atoms with Crippen molar-refractivity contribution >= 4 is 34.0 Å². The van der Waals surface area contributed by atoms with E-state index in [1.54, 1.807) is 36.4 Å². The topological polar surface area (TPSA) is 95.4 Å². The number of halogens is 1. The Kier molecular flexibility index (Phi) is 7.08. The number of aliphatic carboxylic acids is 1. The fraction of sp³-hybridized carbons (Fsp3) is 0.238. The largest absolute Gasteiger partial charge is 0.480 e. The third-order valence-corrected chi connectivity index (χ3v) is 5.30. The maximum atomic E-state index is 14.1. The summed E-state index contributed by atoms with van der Waals surface area (Å²) in [5.74, 6) is -1.96. The SMILES string of the molecule is CCCCN(C(=O)c1ccccc1F)c1nnc(-c2ccc(NCC(=O)O)cc2)s1. The number of nitrogens with one attached hydrogen (secondary N) is 1. The summed E-state index contributed by atoms with van der Waals surface area (Å²) in [6.45, 7) is 2.25. The number of carbonyl (C=O) groups excluding carboxylic acids is 1.